The van der Waals surface area contributed by atoms with Crippen molar-refractivity contribution in [3.05, 3.63) is 52.5 Å². The van der Waals surface area contributed by atoms with Gasteiger partial charge in [0.2, 0.25) is 0 Å². The van der Waals surface area contributed by atoms with Crippen molar-refractivity contribution in [1.29, 1.82) is 0 Å². The smallest absolute Gasteiger partial charge is 0.427 e. The fourth-order valence-electron chi connectivity index (χ4n) is 2.63. The number of hydrazone groups is 1. The average molecular weight is 449 g/mol. The van der Waals surface area contributed by atoms with Crippen molar-refractivity contribution >= 4 is 23.9 Å². The van der Waals surface area contributed by atoms with Gasteiger partial charge in [0.1, 0.15) is 19.0 Å². The summed E-state index contributed by atoms with van der Waals surface area (Å²) in [6, 6.07) is 11.4. The molecule has 1 amide bonds. The molecule has 0 aliphatic rings. The molecule has 2 aromatic rings. The molecule has 0 heterocycles. The first-order chi connectivity index (χ1) is 14.7. The molecule has 0 bridgehead atoms. The molecule has 2 rings (SSSR count). The van der Waals surface area contributed by atoms with Gasteiger partial charge in [-0.25, -0.2) is 10.2 Å². The van der Waals surface area contributed by atoms with E-state index in [4.69, 9.17) is 25.8 Å². The molecule has 0 saturated carbocycles. The molecule has 7 nitrogen and oxygen atoms in total. The van der Waals surface area contributed by atoms with Gasteiger partial charge >= 0.3 is 6.09 Å². The fraction of sp³-hybridized carbons (Fsp3) is 0.391. The Morgan fingerprint density at radius 2 is 1.77 bits per heavy atom. The minimum atomic E-state index is -0.666. The molecule has 0 radical (unpaired) electrons. The highest BCUT2D eigenvalue weighted by Gasteiger charge is 2.14. The standard InChI is InChI=1S/C23H29ClN2O5/c1-6-29-20-14-16(15-25-26-22(27)28-5)13-19(24)21(20)31-12-11-30-18-9-7-17(8-10-18)23(2,3)4/h7-10,13-15H,6,11-12H2,1-5H3,(H,26,27)/b25-15-. The summed E-state index contributed by atoms with van der Waals surface area (Å²) in [5.74, 6) is 1.68. The van der Waals surface area contributed by atoms with Crippen molar-refractivity contribution in [1.82, 2.24) is 5.43 Å². The van der Waals surface area contributed by atoms with E-state index in [0.29, 0.717) is 35.3 Å². The lowest BCUT2D eigenvalue weighted by atomic mass is 9.87. The van der Waals surface area contributed by atoms with Crippen LogP contribution in [-0.2, 0) is 10.2 Å². The SMILES string of the molecule is CCOc1cc(/C=N\NC(=O)OC)cc(Cl)c1OCCOc1ccc(C(C)(C)C)cc1. The van der Waals surface area contributed by atoms with Crippen LogP contribution in [0.3, 0.4) is 0 Å². The molecule has 0 aromatic heterocycles. The molecule has 0 saturated heterocycles. The summed E-state index contributed by atoms with van der Waals surface area (Å²) in [4.78, 5) is 11.1. The van der Waals surface area contributed by atoms with Gasteiger partial charge in [-0.1, -0.05) is 44.5 Å². The van der Waals surface area contributed by atoms with Gasteiger partial charge in [-0.05, 0) is 47.7 Å². The number of hydrogen-bond acceptors (Lipinski definition) is 6. The van der Waals surface area contributed by atoms with E-state index < -0.39 is 6.09 Å². The number of amides is 1. The zero-order valence-electron chi connectivity index (χ0n) is 18.5. The first-order valence-electron chi connectivity index (χ1n) is 9.94. The third kappa shape index (κ3) is 7.68. The minimum absolute atomic E-state index is 0.0975. The molecular weight excluding hydrogens is 420 g/mol. The van der Waals surface area contributed by atoms with Crippen LogP contribution in [0.15, 0.2) is 41.5 Å². The summed E-state index contributed by atoms with van der Waals surface area (Å²) >= 11 is 6.38. The number of hydrogen-bond donors (Lipinski definition) is 1. The second-order valence-electron chi connectivity index (χ2n) is 7.60. The number of ether oxygens (including phenoxy) is 4. The van der Waals surface area contributed by atoms with E-state index in [-0.39, 0.29) is 12.0 Å². The lowest BCUT2D eigenvalue weighted by Gasteiger charge is -2.19. The number of rotatable bonds is 9. The van der Waals surface area contributed by atoms with E-state index in [2.05, 4.69) is 48.2 Å². The van der Waals surface area contributed by atoms with Gasteiger partial charge < -0.3 is 18.9 Å². The maximum atomic E-state index is 11.1. The normalized spacial score (nSPS) is 11.3. The average Bonchev–Trinajstić information content (AvgIpc) is 2.72. The van der Waals surface area contributed by atoms with Gasteiger partial charge in [0.25, 0.3) is 0 Å². The minimum Gasteiger partial charge on any atom is -0.490 e. The predicted octanol–water partition coefficient (Wildman–Crippen LogP) is 5.18. The van der Waals surface area contributed by atoms with Crippen LogP contribution in [0.1, 0.15) is 38.8 Å². The van der Waals surface area contributed by atoms with Gasteiger partial charge in [0.15, 0.2) is 11.5 Å². The molecular formula is C23H29ClN2O5. The third-order valence-electron chi connectivity index (χ3n) is 4.21. The lowest BCUT2D eigenvalue weighted by molar-refractivity contribution is 0.171. The number of nitrogens with one attached hydrogen (secondary N) is 1. The molecule has 168 valence electrons. The third-order valence-corrected chi connectivity index (χ3v) is 4.49. The topological polar surface area (TPSA) is 78.4 Å². The predicted molar refractivity (Wildman–Crippen MR) is 122 cm³/mol. The van der Waals surface area contributed by atoms with Gasteiger partial charge in [-0.2, -0.15) is 5.10 Å². The summed E-state index contributed by atoms with van der Waals surface area (Å²) in [5.41, 5.74) is 4.19. The lowest BCUT2D eigenvalue weighted by Crippen LogP contribution is -2.16. The van der Waals surface area contributed by atoms with Crippen molar-refractivity contribution in [2.45, 2.75) is 33.1 Å². The zero-order chi connectivity index (χ0) is 22.9. The fourth-order valence-corrected chi connectivity index (χ4v) is 2.90. The van der Waals surface area contributed by atoms with Crippen molar-refractivity contribution in [2.24, 2.45) is 5.10 Å². The van der Waals surface area contributed by atoms with E-state index in [1.807, 2.05) is 19.1 Å². The number of carbonyl (C=O) groups is 1. The van der Waals surface area contributed by atoms with Crippen LogP contribution in [0.25, 0.3) is 0 Å². The number of halogens is 1. The molecule has 0 fully saturated rings. The molecule has 2 aromatic carbocycles. The Morgan fingerprint density at radius 1 is 1.10 bits per heavy atom. The second-order valence-corrected chi connectivity index (χ2v) is 8.00. The van der Waals surface area contributed by atoms with E-state index >= 15 is 0 Å². The summed E-state index contributed by atoms with van der Waals surface area (Å²) in [6.07, 6.45) is 0.764. The van der Waals surface area contributed by atoms with E-state index in [1.165, 1.54) is 18.9 Å². The Bertz CT molecular complexity index is 892. The number of benzene rings is 2. The van der Waals surface area contributed by atoms with Crippen LogP contribution in [0.2, 0.25) is 5.02 Å². The van der Waals surface area contributed by atoms with E-state index in [0.717, 1.165) is 5.75 Å². The number of carbonyl (C=O) groups excluding carboxylic acids is 1. The number of nitrogens with zero attached hydrogens (tertiary/aromatic N) is 1. The van der Waals surface area contributed by atoms with Crippen molar-refractivity contribution < 1.29 is 23.7 Å². The first-order valence-corrected chi connectivity index (χ1v) is 10.3. The van der Waals surface area contributed by atoms with Crippen molar-refractivity contribution in [2.75, 3.05) is 26.9 Å². The molecule has 8 heteroatoms. The molecule has 0 aliphatic heterocycles. The molecule has 0 aliphatic carbocycles. The van der Waals surface area contributed by atoms with Crippen LogP contribution in [0.5, 0.6) is 17.2 Å². The monoisotopic (exact) mass is 448 g/mol. The molecule has 0 unspecified atom stereocenters. The summed E-state index contributed by atoms with van der Waals surface area (Å²) < 4.78 is 21.7. The van der Waals surface area contributed by atoms with Crippen LogP contribution >= 0.6 is 11.6 Å². The highest BCUT2D eigenvalue weighted by Crippen LogP contribution is 2.36. The van der Waals surface area contributed by atoms with Gasteiger partial charge in [0.05, 0.1) is 25.0 Å². The maximum Gasteiger partial charge on any atom is 0.427 e. The molecule has 0 atom stereocenters. The van der Waals surface area contributed by atoms with Gasteiger partial charge in [0, 0.05) is 0 Å². The molecule has 0 spiro atoms. The van der Waals surface area contributed by atoms with E-state index in [9.17, 15) is 4.79 Å². The quantitative estimate of drug-likeness (QED) is 0.324. The summed E-state index contributed by atoms with van der Waals surface area (Å²) in [6.45, 7) is 9.45. The van der Waals surface area contributed by atoms with E-state index in [1.54, 1.807) is 12.1 Å². The van der Waals surface area contributed by atoms with Crippen molar-refractivity contribution in [3.8, 4) is 17.2 Å². The first kappa shape index (κ1) is 24.3. The Morgan fingerprint density at radius 3 is 2.39 bits per heavy atom. The highest BCUT2D eigenvalue weighted by molar-refractivity contribution is 6.32. The van der Waals surface area contributed by atoms with Crippen LogP contribution in [0.4, 0.5) is 4.79 Å². The Hall–Kier alpha value is -2.93. The molecule has 1 N–H and O–H groups in total. The van der Waals surface area contributed by atoms with Gasteiger partial charge in [-0.15, -0.1) is 0 Å². The molecule has 31 heavy (non-hydrogen) atoms. The summed E-state index contributed by atoms with van der Waals surface area (Å²) in [7, 11) is 1.26. The zero-order valence-corrected chi connectivity index (χ0v) is 19.3. The largest absolute Gasteiger partial charge is 0.490 e. The summed E-state index contributed by atoms with van der Waals surface area (Å²) in [5, 5.41) is 4.15. The van der Waals surface area contributed by atoms with Crippen LogP contribution in [0, 0.1) is 0 Å². The van der Waals surface area contributed by atoms with Gasteiger partial charge in [-0.3, -0.25) is 0 Å². The Balaban J connectivity index is 1.98. The Kier molecular flexibility index (Phi) is 9.00. The highest BCUT2D eigenvalue weighted by atomic mass is 35.5. The number of methoxy groups -OCH3 is 1. The maximum absolute atomic E-state index is 11.1. The van der Waals surface area contributed by atoms with Crippen LogP contribution < -0.4 is 19.6 Å². The second kappa shape index (κ2) is 11.5. The van der Waals surface area contributed by atoms with Crippen LogP contribution in [-0.4, -0.2) is 39.2 Å². The van der Waals surface area contributed by atoms with Crippen molar-refractivity contribution in [3.63, 3.8) is 0 Å². The Labute approximate surface area is 188 Å².